The molecule has 2 fully saturated rings. The van der Waals surface area contributed by atoms with Crippen molar-refractivity contribution in [1.29, 1.82) is 0 Å². The Morgan fingerprint density at radius 3 is 2.81 bits per heavy atom. The highest BCUT2D eigenvalue weighted by atomic mass is 32.2. The molecule has 2 saturated heterocycles. The third-order valence-corrected chi connectivity index (χ3v) is 8.89. The Labute approximate surface area is 188 Å². The summed E-state index contributed by atoms with van der Waals surface area (Å²) in [4.78, 5) is 15.3. The first-order valence-corrected chi connectivity index (χ1v) is 13.3. The average molecular weight is 466 g/mol. The minimum atomic E-state index is -3.72. The van der Waals surface area contributed by atoms with Crippen LogP contribution in [0.2, 0.25) is 0 Å². The van der Waals surface area contributed by atoms with Gasteiger partial charge in [0.15, 0.2) is 0 Å². The molecule has 0 aliphatic carbocycles. The fraction of sp³-hybridized carbons (Fsp3) is 0.667. The lowest BCUT2D eigenvalue weighted by atomic mass is 9.98. The number of likely N-dealkylation sites (tertiary alicyclic amines) is 1. The number of rotatable bonds is 7. The topological polar surface area (TPSA) is 95.5 Å². The summed E-state index contributed by atoms with van der Waals surface area (Å²) in [7, 11) is -3.72. The van der Waals surface area contributed by atoms with E-state index < -0.39 is 10.0 Å². The Morgan fingerprint density at radius 2 is 2.00 bits per heavy atom. The van der Waals surface area contributed by atoms with Gasteiger partial charge >= 0.3 is 0 Å². The van der Waals surface area contributed by atoms with Gasteiger partial charge in [-0.15, -0.1) is 0 Å². The minimum absolute atomic E-state index is 0.0410. The molecule has 0 unspecified atom stereocenters. The summed E-state index contributed by atoms with van der Waals surface area (Å²) < 4.78 is 36.2. The maximum Gasteiger partial charge on any atom is 0.245 e. The van der Waals surface area contributed by atoms with Gasteiger partial charge in [-0.3, -0.25) is 4.79 Å². The van der Waals surface area contributed by atoms with Gasteiger partial charge in [0.1, 0.15) is 15.9 Å². The predicted molar refractivity (Wildman–Crippen MR) is 121 cm³/mol. The third kappa shape index (κ3) is 5.24. The zero-order valence-corrected chi connectivity index (χ0v) is 19.6. The van der Waals surface area contributed by atoms with E-state index in [0.29, 0.717) is 37.0 Å². The lowest BCUT2D eigenvalue weighted by molar-refractivity contribution is -0.126. The first-order chi connectivity index (χ1) is 14.9. The Morgan fingerprint density at radius 1 is 1.19 bits per heavy atom. The van der Waals surface area contributed by atoms with Gasteiger partial charge in [-0.1, -0.05) is 13.0 Å². The van der Waals surface area contributed by atoms with E-state index in [1.807, 2.05) is 0 Å². The molecule has 2 aliphatic heterocycles. The average Bonchev–Trinajstić information content (AvgIpc) is 3.27. The Hall–Kier alpha value is -1.62. The van der Waals surface area contributed by atoms with Crippen molar-refractivity contribution < 1.29 is 13.2 Å². The lowest BCUT2D eigenvalue weighted by Crippen LogP contribution is -2.45. The van der Waals surface area contributed by atoms with Crippen LogP contribution in [-0.4, -0.2) is 71.5 Å². The van der Waals surface area contributed by atoms with Crippen LogP contribution >= 0.6 is 11.7 Å². The van der Waals surface area contributed by atoms with Crippen LogP contribution in [0.5, 0.6) is 0 Å². The number of amides is 1. The van der Waals surface area contributed by atoms with Gasteiger partial charge in [0.25, 0.3) is 0 Å². The first kappa shape index (κ1) is 22.6. The second-order valence-electron chi connectivity index (χ2n) is 8.76. The van der Waals surface area contributed by atoms with E-state index in [4.69, 9.17) is 0 Å². The second-order valence-corrected chi connectivity index (χ2v) is 11.2. The summed E-state index contributed by atoms with van der Waals surface area (Å²) in [6.07, 6.45) is 4.82. The van der Waals surface area contributed by atoms with Crippen molar-refractivity contribution in [3.8, 4) is 0 Å². The van der Waals surface area contributed by atoms with Crippen molar-refractivity contribution >= 4 is 38.7 Å². The fourth-order valence-electron chi connectivity index (χ4n) is 4.45. The molecule has 0 saturated carbocycles. The summed E-state index contributed by atoms with van der Waals surface area (Å²) in [5.74, 6) is 0.466. The third-order valence-electron chi connectivity index (χ3n) is 6.45. The van der Waals surface area contributed by atoms with Gasteiger partial charge in [-0.2, -0.15) is 13.1 Å². The molecule has 170 valence electrons. The van der Waals surface area contributed by atoms with Crippen LogP contribution < -0.4 is 5.32 Å². The van der Waals surface area contributed by atoms with E-state index in [1.54, 1.807) is 18.2 Å². The molecule has 0 bridgehead atoms. The summed E-state index contributed by atoms with van der Waals surface area (Å²) in [5.41, 5.74) is 0.992. The fourth-order valence-corrected chi connectivity index (χ4v) is 6.72. The number of fused-ring (bicyclic) bond motifs is 1. The van der Waals surface area contributed by atoms with Crippen LogP contribution in [0.15, 0.2) is 23.1 Å². The molecular weight excluding hydrogens is 434 g/mol. The van der Waals surface area contributed by atoms with E-state index in [1.165, 1.54) is 17.1 Å². The van der Waals surface area contributed by atoms with Gasteiger partial charge < -0.3 is 10.2 Å². The van der Waals surface area contributed by atoms with Crippen LogP contribution in [0, 0.1) is 11.8 Å². The number of piperidine rings is 2. The predicted octanol–water partition coefficient (Wildman–Crippen LogP) is 2.33. The van der Waals surface area contributed by atoms with Crippen LogP contribution in [0.25, 0.3) is 11.0 Å². The van der Waals surface area contributed by atoms with Crippen molar-refractivity contribution in [3.63, 3.8) is 0 Å². The van der Waals surface area contributed by atoms with Crippen molar-refractivity contribution in [1.82, 2.24) is 23.3 Å². The number of carbonyl (C=O) groups is 1. The van der Waals surface area contributed by atoms with Crippen LogP contribution in [-0.2, 0) is 14.8 Å². The van der Waals surface area contributed by atoms with E-state index in [9.17, 15) is 13.2 Å². The number of benzene rings is 1. The summed E-state index contributed by atoms with van der Waals surface area (Å²) >= 11 is 1.01. The molecule has 3 heterocycles. The van der Waals surface area contributed by atoms with Gasteiger partial charge in [0, 0.05) is 19.6 Å². The van der Waals surface area contributed by atoms with Crippen molar-refractivity contribution in [2.45, 2.75) is 43.9 Å². The van der Waals surface area contributed by atoms with Gasteiger partial charge in [-0.05, 0) is 69.8 Å². The summed E-state index contributed by atoms with van der Waals surface area (Å²) in [6, 6.07) is 5.02. The standard InChI is InChI=1S/C21H31N5O3S2/c1-16-8-13-25(14-9-16)11-4-10-22-21(27)17-5-3-12-26(15-17)31(28,29)19-7-2-6-18-20(19)24-30-23-18/h2,6-7,16-17H,3-5,8-15H2,1H3,(H,22,27)/t17-/m1/s1. The zero-order chi connectivity index (χ0) is 21.8. The molecule has 1 aromatic heterocycles. The highest BCUT2D eigenvalue weighted by Crippen LogP contribution is 2.28. The molecular formula is C21H31N5O3S2. The number of aromatic nitrogens is 2. The maximum absolute atomic E-state index is 13.3. The molecule has 10 heteroatoms. The van der Waals surface area contributed by atoms with E-state index in [0.717, 1.165) is 43.7 Å². The van der Waals surface area contributed by atoms with Crippen molar-refractivity contribution in [2.24, 2.45) is 11.8 Å². The molecule has 31 heavy (non-hydrogen) atoms. The van der Waals surface area contributed by atoms with Crippen molar-refractivity contribution in [3.05, 3.63) is 18.2 Å². The molecule has 1 amide bonds. The Bertz CT molecular complexity index is 1000. The number of hydrogen-bond donors (Lipinski definition) is 1. The van der Waals surface area contributed by atoms with Crippen molar-refractivity contribution in [2.75, 3.05) is 39.3 Å². The van der Waals surface area contributed by atoms with Gasteiger partial charge in [0.2, 0.25) is 15.9 Å². The number of nitrogens with zero attached hydrogens (tertiary/aromatic N) is 4. The monoisotopic (exact) mass is 465 g/mol. The van der Waals surface area contributed by atoms with E-state index in [2.05, 4.69) is 25.9 Å². The molecule has 0 radical (unpaired) electrons. The highest BCUT2D eigenvalue weighted by Gasteiger charge is 2.34. The summed E-state index contributed by atoms with van der Waals surface area (Å²) in [5, 5.41) is 3.03. The smallest absolute Gasteiger partial charge is 0.245 e. The second kappa shape index (κ2) is 9.89. The first-order valence-electron chi connectivity index (χ1n) is 11.2. The number of hydrogen-bond acceptors (Lipinski definition) is 7. The molecule has 2 aromatic rings. The minimum Gasteiger partial charge on any atom is -0.356 e. The lowest BCUT2D eigenvalue weighted by Gasteiger charge is -2.31. The largest absolute Gasteiger partial charge is 0.356 e. The van der Waals surface area contributed by atoms with Crippen LogP contribution in [0.1, 0.15) is 39.0 Å². The molecule has 1 N–H and O–H groups in total. The highest BCUT2D eigenvalue weighted by molar-refractivity contribution is 7.89. The zero-order valence-electron chi connectivity index (χ0n) is 18.0. The van der Waals surface area contributed by atoms with Gasteiger partial charge in [0.05, 0.1) is 17.6 Å². The van der Waals surface area contributed by atoms with E-state index in [-0.39, 0.29) is 23.3 Å². The normalized spacial score (nSPS) is 22.0. The number of sulfonamides is 1. The Kier molecular flexibility index (Phi) is 7.20. The Balaban J connectivity index is 1.30. The molecule has 1 atom stereocenters. The summed E-state index contributed by atoms with van der Waals surface area (Å²) in [6.45, 7) is 6.87. The quantitative estimate of drug-likeness (QED) is 0.631. The van der Waals surface area contributed by atoms with Crippen LogP contribution in [0.4, 0.5) is 0 Å². The van der Waals surface area contributed by atoms with Gasteiger partial charge in [-0.25, -0.2) is 8.42 Å². The van der Waals surface area contributed by atoms with Crippen LogP contribution in [0.3, 0.4) is 0 Å². The molecule has 0 spiro atoms. The molecule has 4 rings (SSSR count). The molecule has 2 aliphatic rings. The number of carbonyl (C=O) groups excluding carboxylic acids is 1. The SMILES string of the molecule is CC1CCN(CCCNC(=O)[C@@H]2CCCN(S(=O)(=O)c3cccc4nsnc34)C2)CC1. The maximum atomic E-state index is 13.3. The molecule has 8 nitrogen and oxygen atoms in total. The number of nitrogens with one attached hydrogen (secondary N) is 1. The van der Waals surface area contributed by atoms with E-state index >= 15 is 0 Å². The molecule has 1 aromatic carbocycles.